The molecule has 0 spiro atoms. The largest absolute Gasteiger partial charge is 0.475 e. The topological polar surface area (TPSA) is 85.3 Å². The molecule has 0 saturated carbocycles. The number of morpholine rings is 1. The summed E-state index contributed by atoms with van der Waals surface area (Å²) in [5.74, 6) is 2.03. The summed E-state index contributed by atoms with van der Waals surface area (Å²) >= 11 is 6.44. The highest BCUT2D eigenvalue weighted by Crippen LogP contribution is 2.31. The summed E-state index contributed by atoms with van der Waals surface area (Å²) in [5.41, 5.74) is 3.25. The maximum absolute atomic E-state index is 6.44. The number of fused-ring (bicyclic) bond motifs is 1. The van der Waals surface area contributed by atoms with Crippen LogP contribution in [-0.2, 0) is 11.3 Å². The molecule has 0 bridgehead atoms. The minimum absolute atomic E-state index is 0.0621. The highest BCUT2D eigenvalue weighted by atomic mass is 35.5. The van der Waals surface area contributed by atoms with Gasteiger partial charge in [0.1, 0.15) is 11.6 Å². The summed E-state index contributed by atoms with van der Waals surface area (Å²) < 4.78 is 11.6. The molecule has 37 heavy (non-hydrogen) atoms. The second kappa shape index (κ2) is 11.0. The number of nitrogens with one attached hydrogen (secondary N) is 1. The molecular weight excluding hydrogens is 488 g/mol. The van der Waals surface area contributed by atoms with Gasteiger partial charge in [-0.25, -0.2) is 15.0 Å². The SMILES string of the molecule is CC(C)Oc1ccc(Nc2nc(CN3C[C@@H](C)O[C@H](C)C3)nc3cc(-c4ncccc4Cl)ccc23)cn1. The predicted molar refractivity (Wildman–Crippen MR) is 146 cm³/mol. The molecule has 3 aromatic heterocycles. The van der Waals surface area contributed by atoms with Gasteiger partial charge in [-0.1, -0.05) is 17.7 Å². The first-order valence-corrected chi connectivity index (χ1v) is 12.9. The van der Waals surface area contributed by atoms with Gasteiger partial charge in [0.2, 0.25) is 5.88 Å². The number of nitrogens with zero attached hydrogens (tertiary/aromatic N) is 5. The molecule has 0 aliphatic carbocycles. The quantitative estimate of drug-likeness (QED) is 0.324. The van der Waals surface area contributed by atoms with E-state index in [1.165, 1.54) is 0 Å². The molecule has 1 aliphatic heterocycles. The van der Waals surface area contributed by atoms with Gasteiger partial charge in [-0.3, -0.25) is 9.88 Å². The summed E-state index contributed by atoms with van der Waals surface area (Å²) in [6, 6.07) is 13.5. The zero-order valence-electron chi connectivity index (χ0n) is 21.5. The van der Waals surface area contributed by atoms with E-state index in [0.29, 0.717) is 23.3 Å². The molecular formula is C28H31ClN6O2. The van der Waals surface area contributed by atoms with Crippen LogP contribution in [0.15, 0.2) is 54.9 Å². The first kappa shape index (κ1) is 25.3. The van der Waals surface area contributed by atoms with Gasteiger partial charge < -0.3 is 14.8 Å². The summed E-state index contributed by atoms with van der Waals surface area (Å²) in [6.07, 6.45) is 3.88. The average Bonchev–Trinajstić information content (AvgIpc) is 2.84. The molecule has 1 N–H and O–H groups in total. The third-order valence-corrected chi connectivity index (χ3v) is 6.30. The van der Waals surface area contributed by atoms with Crippen LogP contribution in [0.5, 0.6) is 5.88 Å². The molecule has 4 heterocycles. The molecule has 0 amide bonds. The molecule has 0 unspecified atom stereocenters. The van der Waals surface area contributed by atoms with Crippen LogP contribution in [-0.4, -0.2) is 56.2 Å². The van der Waals surface area contributed by atoms with Gasteiger partial charge in [-0.05, 0) is 58.0 Å². The first-order valence-electron chi connectivity index (χ1n) is 12.5. The third kappa shape index (κ3) is 6.15. The fraction of sp³-hybridized carbons (Fsp3) is 0.357. The van der Waals surface area contributed by atoms with Crippen LogP contribution in [0.3, 0.4) is 0 Å². The van der Waals surface area contributed by atoms with Crippen molar-refractivity contribution in [3.63, 3.8) is 0 Å². The lowest BCUT2D eigenvalue weighted by atomic mass is 10.1. The number of hydrogen-bond donors (Lipinski definition) is 1. The smallest absolute Gasteiger partial charge is 0.213 e. The van der Waals surface area contributed by atoms with Crippen LogP contribution in [0, 0.1) is 0 Å². The van der Waals surface area contributed by atoms with Gasteiger partial charge in [0.05, 0.1) is 53.0 Å². The molecule has 1 saturated heterocycles. The molecule has 4 aromatic rings. The van der Waals surface area contributed by atoms with Crippen LogP contribution in [0.25, 0.3) is 22.2 Å². The van der Waals surface area contributed by atoms with Crippen LogP contribution in [0.2, 0.25) is 5.02 Å². The Morgan fingerprint density at radius 1 is 1.08 bits per heavy atom. The number of halogens is 1. The number of aromatic nitrogens is 4. The van der Waals surface area contributed by atoms with E-state index in [1.54, 1.807) is 12.4 Å². The normalized spacial score (nSPS) is 18.3. The van der Waals surface area contributed by atoms with Crippen molar-refractivity contribution in [3.8, 4) is 17.1 Å². The molecule has 1 fully saturated rings. The van der Waals surface area contributed by atoms with E-state index >= 15 is 0 Å². The lowest BCUT2D eigenvalue weighted by Gasteiger charge is -2.34. The fourth-order valence-corrected chi connectivity index (χ4v) is 4.84. The number of ether oxygens (including phenoxy) is 2. The van der Waals surface area contributed by atoms with Crippen molar-refractivity contribution in [1.29, 1.82) is 0 Å². The van der Waals surface area contributed by atoms with Crippen LogP contribution >= 0.6 is 11.6 Å². The molecule has 1 aromatic carbocycles. The number of anilines is 2. The zero-order chi connectivity index (χ0) is 25.9. The van der Waals surface area contributed by atoms with Crippen LogP contribution in [0.4, 0.5) is 11.5 Å². The van der Waals surface area contributed by atoms with Gasteiger partial charge in [0, 0.05) is 36.3 Å². The highest BCUT2D eigenvalue weighted by molar-refractivity contribution is 6.33. The monoisotopic (exact) mass is 518 g/mol. The van der Waals surface area contributed by atoms with Crippen molar-refractivity contribution >= 4 is 34.0 Å². The van der Waals surface area contributed by atoms with E-state index in [1.807, 2.05) is 56.3 Å². The average molecular weight is 519 g/mol. The molecule has 9 heteroatoms. The number of benzene rings is 1. The predicted octanol–water partition coefficient (Wildman–Crippen LogP) is 5.88. The Bertz CT molecular complexity index is 1370. The van der Waals surface area contributed by atoms with Gasteiger partial charge in [-0.2, -0.15) is 0 Å². The second-order valence-corrected chi connectivity index (χ2v) is 10.1. The van der Waals surface area contributed by atoms with Crippen molar-refractivity contribution < 1.29 is 9.47 Å². The summed E-state index contributed by atoms with van der Waals surface area (Å²) in [4.78, 5) is 21.1. The Kier molecular flexibility index (Phi) is 7.50. The van der Waals surface area contributed by atoms with Gasteiger partial charge in [0.25, 0.3) is 0 Å². The van der Waals surface area contributed by atoms with Crippen molar-refractivity contribution in [3.05, 3.63) is 65.7 Å². The lowest BCUT2D eigenvalue weighted by molar-refractivity contribution is -0.0710. The summed E-state index contributed by atoms with van der Waals surface area (Å²) in [6.45, 7) is 10.4. The van der Waals surface area contributed by atoms with Gasteiger partial charge >= 0.3 is 0 Å². The Labute approximate surface area is 222 Å². The molecule has 192 valence electrons. The van der Waals surface area contributed by atoms with Crippen molar-refractivity contribution in [2.24, 2.45) is 0 Å². The second-order valence-electron chi connectivity index (χ2n) is 9.68. The van der Waals surface area contributed by atoms with E-state index in [2.05, 4.69) is 34.0 Å². The maximum Gasteiger partial charge on any atom is 0.213 e. The van der Waals surface area contributed by atoms with E-state index in [9.17, 15) is 0 Å². The minimum atomic E-state index is 0.0621. The summed E-state index contributed by atoms with van der Waals surface area (Å²) in [7, 11) is 0. The lowest BCUT2D eigenvalue weighted by Crippen LogP contribution is -2.45. The first-order chi connectivity index (χ1) is 17.8. The number of hydrogen-bond acceptors (Lipinski definition) is 8. The van der Waals surface area contributed by atoms with Crippen molar-refractivity contribution in [2.45, 2.75) is 52.6 Å². The van der Waals surface area contributed by atoms with E-state index in [4.69, 9.17) is 31.0 Å². The van der Waals surface area contributed by atoms with E-state index in [-0.39, 0.29) is 18.3 Å². The molecule has 5 rings (SSSR count). The van der Waals surface area contributed by atoms with Crippen LogP contribution in [0.1, 0.15) is 33.5 Å². The maximum atomic E-state index is 6.44. The Morgan fingerprint density at radius 2 is 1.89 bits per heavy atom. The van der Waals surface area contributed by atoms with Gasteiger partial charge in [-0.15, -0.1) is 0 Å². The standard InChI is InChI=1S/C28H31ClN6O2/c1-17(2)36-26-10-8-21(13-31-26)32-28-22-9-7-20(27-23(29)6-5-11-30-27)12-24(22)33-25(34-28)16-35-14-18(3)37-19(4)15-35/h5-13,17-19H,14-16H2,1-4H3,(H,32,33,34)/t18-,19-/m1/s1. The molecule has 2 atom stereocenters. The Balaban J connectivity index is 1.52. The van der Waals surface area contributed by atoms with Gasteiger partial charge in [0.15, 0.2) is 0 Å². The number of pyridine rings is 2. The molecule has 0 radical (unpaired) electrons. The number of rotatable bonds is 7. The van der Waals surface area contributed by atoms with Crippen LogP contribution < -0.4 is 10.1 Å². The molecule has 1 aliphatic rings. The van der Waals surface area contributed by atoms with E-state index < -0.39 is 0 Å². The van der Waals surface area contributed by atoms with Crippen molar-refractivity contribution in [1.82, 2.24) is 24.8 Å². The Hall–Kier alpha value is -3.33. The zero-order valence-corrected chi connectivity index (χ0v) is 22.2. The van der Waals surface area contributed by atoms with Crippen molar-refractivity contribution in [2.75, 3.05) is 18.4 Å². The fourth-order valence-electron chi connectivity index (χ4n) is 4.60. The summed E-state index contributed by atoms with van der Waals surface area (Å²) in [5, 5.41) is 4.93. The molecule has 8 nitrogen and oxygen atoms in total. The highest BCUT2D eigenvalue weighted by Gasteiger charge is 2.23. The third-order valence-electron chi connectivity index (χ3n) is 5.99. The van der Waals surface area contributed by atoms with E-state index in [0.717, 1.165) is 46.8 Å². The minimum Gasteiger partial charge on any atom is -0.475 e. The Morgan fingerprint density at radius 3 is 2.59 bits per heavy atom.